The lowest BCUT2D eigenvalue weighted by Crippen LogP contribution is -2.53. The highest BCUT2D eigenvalue weighted by molar-refractivity contribution is 7.09. The molecule has 1 aromatic rings. The second-order valence-corrected chi connectivity index (χ2v) is 5.60. The summed E-state index contributed by atoms with van der Waals surface area (Å²) in [6.45, 7) is 2.55. The average molecular weight is 268 g/mol. The van der Waals surface area contributed by atoms with Gasteiger partial charge in [-0.3, -0.25) is 0 Å². The molecule has 0 radical (unpaired) electrons. The van der Waals surface area contributed by atoms with Gasteiger partial charge in [0.25, 0.3) is 0 Å². The molecule has 1 aromatic heterocycles. The van der Waals surface area contributed by atoms with Crippen molar-refractivity contribution in [3.05, 3.63) is 22.4 Å². The van der Waals surface area contributed by atoms with Crippen LogP contribution in [0.15, 0.2) is 17.5 Å². The predicted octanol–water partition coefficient (Wildman–Crippen LogP) is 1.90. The zero-order valence-electron chi connectivity index (χ0n) is 10.2. The summed E-state index contributed by atoms with van der Waals surface area (Å²) in [5.41, 5.74) is -1.07. The van der Waals surface area contributed by atoms with E-state index < -0.39 is 11.5 Å². The number of carbonyl (C=O) groups is 2. The number of carbonyl (C=O) groups excluding carboxylic acids is 1. The van der Waals surface area contributed by atoms with Crippen LogP contribution in [0.4, 0.5) is 4.79 Å². The van der Waals surface area contributed by atoms with E-state index in [1.54, 1.807) is 18.3 Å². The van der Waals surface area contributed by atoms with Crippen molar-refractivity contribution in [2.24, 2.45) is 0 Å². The first-order valence-corrected chi connectivity index (χ1v) is 6.73. The van der Waals surface area contributed by atoms with Crippen LogP contribution in [0.2, 0.25) is 0 Å². The van der Waals surface area contributed by atoms with Crippen molar-refractivity contribution in [1.82, 2.24) is 10.2 Å². The molecule has 2 heterocycles. The molecule has 0 aliphatic carbocycles. The molecule has 1 atom stereocenters. The molecule has 1 aliphatic rings. The smallest absolute Gasteiger partial charge is 0.329 e. The standard InChI is InChI=1S/C12H16N2O3S/c1-12(10(15)16)5-3-6-14(12)11(17)13-8-9-4-2-7-18-9/h2,4,7H,3,5-6,8H2,1H3,(H,13,17)(H,15,16). The van der Waals surface area contributed by atoms with Crippen molar-refractivity contribution < 1.29 is 14.7 Å². The normalized spacial score (nSPS) is 23.1. The number of urea groups is 1. The lowest BCUT2D eigenvalue weighted by atomic mass is 10.00. The van der Waals surface area contributed by atoms with E-state index in [1.807, 2.05) is 17.5 Å². The van der Waals surface area contributed by atoms with Gasteiger partial charge in [-0.05, 0) is 31.2 Å². The topological polar surface area (TPSA) is 69.6 Å². The lowest BCUT2D eigenvalue weighted by Gasteiger charge is -2.31. The van der Waals surface area contributed by atoms with Crippen LogP contribution in [0.3, 0.4) is 0 Å². The summed E-state index contributed by atoms with van der Waals surface area (Å²) < 4.78 is 0. The van der Waals surface area contributed by atoms with Gasteiger partial charge in [0.15, 0.2) is 0 Å². The third kappa shape index (κ3) is 2.33. The number of hydrogen-bond donors (Lipinski definition) is 2. The first-order chi connectivity index (χ1) is 8.54. The van der Waals surface area contributed by atoms with Crippen LogP contribution in [0.25, 0.3) is 0 Å². The molecule has 0 aromatic carbocycles. The van der Waals surface area contributed by atoms with E-state index in [4.69, 9.17) is 0 Å². The number of likely N-dealkylation sites (tertiary alicyclic amines) is 1. The molecular formula is C12H16N2O3S. The van der Waals surface area contributed by atoms with Gasteiger partial charge in [0.2, 0.25) is 0 Å². The SMILES string of the molecule is CC1(C(=O)O)CCCN1C(=O)NCc1cccs1. The molecule has 18 heavy (non-hydrogen) atoms. The Morgan fingerprint density at radius 2 is 2.39 bits per heavy atom. The molecule has 0 saturated carbocycles. The van der Waals surface area contributed by atoms with E-state index >= 15 is 0 Å². The molecule has 1 aliphatic heterocycles. The summed E-state index contributed by atoms with van der Waals surface area (Å²) in [6, 6.07) is 3.56. The van der Waals surface area contributed by atoms with Gasteiger partial charge in [0.05, 0.1) is 6.54 Å². The van der Waals surface area contributed by atoms with Crippen LogP contribution < -0.4 is 5.32 Å². The molecule has 0 bridgehead atoms. The molecule has 1 fully saturated rings. The summed E-state index contributed by atoms with van der Waals surface area (Å²) in [4.78, 5) is 25.7. The van der Waals surface area contributed by atoms with Crippen molar-refractivity contribution in [3.63, 3.8) is 0 Å². The number of thiophene rings is 1. The fourth-order valence-electron chi connectivity index (χ4n) is 2.18. The largest absolute Gasteiger partial charge is 0.480 e. The number of nitrogens with zero attached hydrogens (tertiary/aromatic N) is 1. The Balaban J connectivity index is 1.98. The van der Waals surface area contributed by atoms with Crippen molar-refractivity contribution in [2.45, 2.75) is 31.8 Å². The Morgan fingerprint density at radius 1 is 1.61 bits per heavy atom. The number of hydrogen-bond acceptors (Lipinski definition) is 3. The van der Waals surface area contributed by atoms with Gasteiger partial charge in [0.1, 0.15) is 5.54 Å². The first-order valence-electron chi connectivity index (χ1n) is 5.85. The molecule has 98 valence electrons. The quantitative estimate of drug-likeness (QED) is 0.879. The molecule has 2 rings (SSSR count). The minimum absolute atomic E-state index is 0.300. The maximum absolute atomic E-state index is 12.0. The molecule has 2 amide bonds. The Kier molecular flexibility index (Phi) is 3.56. The number of aliphatic carboxylic acids is 1. The van der Waals surface area contributed by atoms with Gasteiger partial charge in [-0.25, -0.2) is 9.59 Å². The number of rotatable bonds is 3. The Bertz CT molecular complexity index is 446. The Labute approximate surface area is 109 Å². The van der Waals surface area contributed by atoms with Crippen molar-refractivity contribution in [1.29, 1.82) is 0 Å². The predicted molar refractivity (Wildman–Crippen MR) is 68.5 cm³/mol. The minimum atomic E-state index is -1.07. The molecule has 1 saturated heterocycles. The summed E-state index contributed by atoms with van der Waals surface area (Å²) in [7, 11) is 0. The fourth-order valence-corrected chi connectivity index (χ4v) is 2.83. The van der Waals surface area contributed by atoms with Gasteiger partial charge < -0.3 is 15.3 Å². The maximum atomic E-state index is 12.0. The molecule has 2 N–H and O–H groups in total. The van der Waals surface area contributed by atoms with E-state index in [2.05, 4.69) is 5.32 Å². The zero-order valence-corrected chi connectivity index (χ0v) is 11.0. The van der Waals surface area contributed by atoms with Crippen LogP contribution in [-0.2, 0) is 11.3 Å². The van der Waals surface area contributed by atoms with Gasteiger partial charge in [0, 0.05) is 11.4 Å². The van der Waals surface area contributed by atoms with Gasteiger partial charge in [-0.15, -0.1) is 11.3 Å². The van der Waals surface area contributed by atoms with E-state index in [9.17, 15) is 14.7 Å². The van der Waals surface area contributed by atoms with E-state index in [-0.39, 0.29) is 6.03 Å². The molecular weight excluding hydrogens is 252 g/mol. The van der Waals surface area contributed by atoms with Crippen molar-refractivity contribution >= 4 is 23.3 Å². The van der Waals surface area contributed by atoms with Crippen molar-refractivity contribution in [3.8, 4) is 0 Å². The van der Waals surface area contributed by atoms with Gasteiger partial charge in [-0.1, -0.05) is 6.07 Å². The number of carboxylic acid groups (broad SMARTS) is 1. The zero-order chi connectivity index (χ0) is 13.2. The third-order valence-corrected chi connectivity index (χ3v) is 4.22. The van der Waals surface area contributed by atoms with Gasteiger partial charge in [-0.2, -0.15) is 0 Å². The molecule has 5 nitrogen and oxygen atoms in total. The van der Waals surface area contributed by atoms with E-state index in [0.717, 1.165) is 11.3 Å². The molecule has 1 unspecified atom stereocenters. The van der Waals surface area contributed by atoms with Crippen LogP contribution in [-0.4, -0.2) is 34.1 Å². The van der Waals surface area contributed by atoms with Crippen LogP contribution in [0.1, 0.15) is 24.6 Å². The fraction of sp³-hybridized carbons (Fsp3) is 0.500. The lowest BCUT2D eigenvalue weighted by molar-refractivity contribution is -0.147. The van der Waals surface area contributed by atoms with E-state index in [1.165, 1.54) is 4.90 Å². The number of carboxylic acids is 1. The molecule has 6 heteroatoms. The summed E-state index contributed by atoms with van der Waals surface area (Å²) >= 11 is 1.56. The maximum Gasteiger partial charge on any atom is 0.329 e. The Morgan fingerprint density at radius 3 is 3.00 bits per heavy atom. The third-order valence-electron chi connectivity index (χ3n) is 3.34. The average Bonchev–Trinajstić information content (AvgIpc) is 2.95. The van der Waals surface area contributed by atoms with Crippen molar-refractivity contribution in [2.75, 3.05) is 6.54 Å². The summed E-state index contributed by atoms with van der Waals surface area (Å²) in [6.07, 6.45) is 1.24. The van der Waals surface area contributed by atoms with Crippen LogP contribution in [0, 0.1) is 0 Å². The second kappa shape index (κ2) is 4.97. The molecule has 0 spiro atoms. The summed E-state index contributed by atoms with van der Waals surface area (Å²) in [5.74, 6) is -0.939. The van der Waals surface area contributed by atoms with Crippen LogP contribution >= 0.6 is 11.3 Å². The Hall–Kier alpha value is -1.56. The number of amides is 2. The van der Waals surface area contributed by atoms with Gasteiger partial charge >= 0.3 is 12.0 Å². The summed E-state index contributed by atoms with van der Waals surface area (Å²) in [5, 5.41) is 13.9. The second-order valence-electron chi connectivity index (χ2n) is 4.57. The van der Waals surface area contributed by atoms with Crippen LogP contribution in [0.5, 0.6) is 0 Å². The monoisotopic (exact) mass is 268 g/mol. The minimum Gasteiger partial charge on any atom is -0.480 e. The number of nitrogens with one attached hydrogen (secondary N) is 1. The highest BCUT2D eigenvalue weighted by Crippen LogP contribution is 2.29. The first kappa shape index (κ1) is 12.9. The highest BCUT2D eigenvalue weighted by Gasteiger charge is 2.45. The highest BCUT2D eigenvalue weighted by atomic mass is 32.1. The van der Waals surface area contributed by atoms with E-state index in [0.29, 0.717) is 19.5 Å².